The van der Waals surface area contributed by atoms with Crippen LogP contribution in [-0.2, 0) is 10.0 Å². The maximum atomic E-state index is 12.8. The van der Waals surface area contributed by atoms with Crippen molar-refractivity contribution in [2.24, 2.45) is 0 Å². The summed E-state index contributed by atoms with van der Waals surface area (Å²) >= 11 is 0. The number of rotatable bonds is 8. The number of hydrogen-bond donors (Lipinski definition) is 2. The molecule has 0 fully saturated rings. The van der Waals surface area contributed by atoms with Crippen LogP contribution in [0.2, 0.25) is 0 Å². The van der Waals surface area contributed by atoms with Crippen LogP contribution in [0.4, 0.5) is 11.4 Å². The molecule has 0 saturated heterocycles. The van der Waals surface area contributed by atoms with E-state index in [9.17, 15) is 13.2 Å². The molecule has 1 aromatic carbocycles. The Balaban J connectivity index is 2.41. The van der Waals surface area contributed by atoms with Crippen molar-refractivity contribution < 1.29 is 13.2 Å². The SMILES string of the molecule is CCNc1ccc(S(=O)(=O)N(CC)CC)cc1NC(=O)c1cccnc1. The lowest BCUT2D eigenvalue weighted by atomic mass is 10.2. The first kappa shape index (κ1) is 19.9. The van der Waals surface area contributed by atoms with Gasteiger partial charge in [0.1, 0.15) is 0 Å². The van der Waals surface area contributed by atoms with E-state index in [0.717, 1.165) is 0 Å². The first-order chi connectivity index (χ1) is 12.4. The maximum Gasteiger partial charge on any atom is 0.257 e. The third-order valence-corrected chi connectivity index (χ3v) is 5.92. The highest BCUT2D eigenvalue weighted by molar-refractivity contribution is 7.89. The summed E-state index contributed by atoms with van der Waals surface area (Å²) in [6.07, 6.45) is 3.04. The van der Waals surface area contributed by atoms with Crippen LogP contribution < -0.4 is 10.6 Å². The minimum atomic E-state index is -3.61. The number of amides is 1. The maximum absolute atomic E-state index is 12.8. The van der Waals surface area contributed by atoms with E-state index in [2.05, 4.69) is 15.6 Å². The number of hydrogen-bond acceptors (Lipinski definition) is 5. The molecule has 0 atom stereocenters. The molecule has 1 heterocycles. The summed E-state index contributed by atoms with van der Waals surface area (Å²) in [5, 5.41) is 5.90. The number of sulfonamides is 1. The monoisotopic (exact) mass is 376 g/mol. The van der Waals surface area contributed by atoms with Gasteiger partial charge in [-0.2, -0.15) is 4.31 Å². The second kappa shape index (κ2) is 8.77. The lowest BCUT2D eigenvalue weighted by Gasteiger charge is -2.20. The van der Waals surface area contributed by atoms with Crippen molar-refractivity contribution in [3.05, 3.63) is 48.3 Å². The topological polar surface area (TPSA) is 91.4 Å². The van der Waals surface area contributed by atoms with E-state index >= 15 is 0 Å². The Labute approximate surface area is 154 Å². The van der Waals surface area contributed by atoms with E-state index in [-0.39, 0.29) is 10.8 Å². The summed E-state index contributed by atoms with van der Waals surface area (Å²) in [7, 11) is -3.61. The molecule has 0 radical (unpaired) electrons. The van der Waals surface area contributed by atoms with Gasteiger partial charge >= 0.3 is 0 Å². The minimum Gasteiger partial charge on any atom is -0.384 e. The lowest BCUT2D eigenvalue weighted by molar-refractivity contribution is 0.102. The number of nitrogens with one attached hydrogen (secondary N) is 2. The first-order valence-corrected chi connectivity index (χ1v) is 9.97. The second-order valence-corrected chi connectivity index (χ2v) is 7.46. The Morgan fingerprint density at radius 1 is 1.12 bits per heavy atom. The van der Waals surface area contributed by atoms with Gasteiger partial charge in [-0.1, -0.05) is 13.8 Å². The normalized spacial score (nSPS) is 11.4. The van der Waals surface area contributed by atoms with Crippen molar-refractivity contribution in [2.75, 3.05) is 30.3 Å². The molecule has 0 aliphatic heterocycles. The fourth-order valence-corrected chi connectivity index (χ4v) is 4.02. The molecule has 8 heteroatoms. The zero-order valence-corrected chi connectivity index (χ0v) is 16.0. The van der Waals surface area contributed by atoms with Crippen molar-refractivity contribution in [1.29, 1.82) is 0 Å². The predicted octanol–water partition coefficient (Wildman–Crippen LogP) is 2.80. The Kier molecular flexibility index (Phi) is 6.70. The largest absolute Gasteiger partial charge is 0.384 e. The number of carbonyl (C=O) groups excluding carboxylic acids is 1. The number of carbonyl (C=O) groups is 1. The molecule has 1 aromatic heterocycles. The van der Waals surface area contributed by atoms with Crippen LogP contribution in [0, 0.1) is 0 Å². The van der Waals surface area contributed by atoms with E-state index in [0.29, 0.717) is 36.6 Å². The summed E-state index contributed by atoms with van der Waals surface area (Å²) in [4.78, 5) is 16.5. The van der Waals surface area contributed by atoms with Gasteiger partial charge in [-0.3, -0.25) is 9.78 Å². The molecule has 0 spiro atoms. The summed E-state index contributed by atoms with van der Waals surface area (Å²) in [5.74, 6) is -0.352. The smallest absolute Gasteiger partial charge is 0.257 e. The van der Waals surface area contributed by atoms with Crippen LogP contribution in [-0.4, -0.2) is 43.2 Å². The van der Waals surface area contributed by atoms with Gasteiger partial charge in [-0.05, 0) is 37.3 Å². The van der Waals surface area contributed by atoms with Gasteiger partial charge in [-0.25, -0.2) is 8.42 Å². The molecule has 0 aliphatic rings. The summed E-state index contributed by atoms with van der Waals surface area (Å²) in [5.41, 5.74) is 1.46. The average Bonchev–Trinajstić information content (AvgIpc) is 2.64. The molecule has 2 rings (SSSR count). The minimum absolute atomic E-state index is 0.143. The molecule has 26 heavy (non-hydrogen) atoms. The van der Waals surface area contributed by atoms with Crippen LogP contribution in [0.5, 0.6) is 0 Å². The fourth-order valence-electron chi connectivity index (χ4n) is 2.54. The first-order valence-electron chi connectivity index (χ1n) is 8.53. The van der Waals surface area contributed by atoms with Crippen molar-refractivity contribution >= 4 is 27.3 Å². The average molecular weight is 376 g/mol. The molecule has 0 bridgehead atoms. The molecule has 1 amide bonds. The Hall–Kier alpha value is -2.45. The van der Waals surface area contributed by atoms with Gasteiger partial charge in [0.25, 0.3) is 5.91 Å². The molecule has 140 valence electrons. The number of aromatic nitrogens is 1. The molecule has 0 saturated carbocycles. The summed E-state index contributed by atoms with van der Waals surface area (Å²) < 4.78 is 26.9. The van der Waals surface area contributed by atoms with Gasteiger partial charge in [0.15, 0.2) is 0 Å². The van der Waals surface area contributed by atoms with Gasteiger partial charge in [0.05, 0.1) is 21.8 Å². The van der Waals surface area contributed by atoms with Crippen LogP contribution >= 0.6 is 0 Å². The van der Waals surface area contributed by atoms with Crippen molar-refractivity contribution in [2.45, 2.75) is 25.7 Å². The summed E-state index contributed by atoms with van der Waals surface area (Å²) in [6.45, 7) is 6.90. The van der Waals surface area contributed by atoms with Gasteiger partial charge in [0, 0.05) is 32.0 Å². The molecule has 7 nitrogen and oxygen atoms in total. The van der Waals surface area contributed by atoms with Gasteiger partial charge in [-0.15, -0.1) is 0 Å². The van der Waals surface area contributed by atoms with Crippen molar-refractivity contribution in [3.63, 3.8) is 0 Å². The highest BCUT2D eigenvalue weighted by atomic mass is 32.2. The van der Waals surface area contributed by atoms with Crippen LogP contribution in [0.3, 0.4) is 0 Å². The zero-order valence-electron chi connectivity index (χ0n) is 15.2. The highest BCUT2D eigenvalue weighted by Crippen LogP contribution is 2.27. The number of benzene rings is 1. The van der Waals surface area contributed by atoms with E-state index in [1.54, 1.807) is 44.3 Å². The quantitative estimate of drug-likeness (QED) is 0.739. The van der Waals surface area contributed by atoms with Crippen LogP contribution in [0.25, 0.3) is 0 Å². The van der Waals surface area contributed by atoms with E-state index in [1.165, 1.54) is 16.6 Å². The van der Waals surface area contributed by atoms with Crippen molar-refractivity contribution in [3.8, 4) is 0 Å². The lowest BCUT2D eigenvalue weighted by Crippen LogP contribution is -2.30. The van der Waals surface area contributed by atoms with E-state index in [4.69, 9.17) is 0 Å². The molecule has 0 aliphatic carbocycles. The third kappa shape index (κ3) is 4.39. The van der Waals surface area contributed by atoms with Crippen LogP contribution in [0.1, 0.15) is 31.1 Å². The van der Waals surface area contributed by atoms with E-state index < -0.39 is 10.0 Å². The summed E-state index contributed by atoms with van der Waals surface area (Å²) in [6, 6.07) is 8.01. The number of anilines is 2. The Bertz CT molecular complexity index is 850. The second-order valence-electron chi connectivity index (χ2n) is 5.52. The molecule has 0 unspecified atom stereocenters. The Morgan fingerprint density at radius 2 is 1.85 bits per heavy atom. The van der Waals surface area contributed by atoms with Gasteiger partial charge < -0.3 is 10.6 Å². The van der Waals surface area contributed by atoms with Gasteiger partial charge in [0.2, 0.25) is 10.0 Å². The molecule has 2 aromatic rings. The van der Waals surface area contributed by atoms with Crippen LogP contribution in [0.15, 0.2) is 47.6 Å². The standard InChI is InChI=1S/C18H24N4O3S/c1-4-20-16-10-9-15(26(24,25)22(5-2)6-3)12-17(16)21-18(23)14-8-7-11-19-13-14/h7-13,20H,4-6H2,1-3H3,(H,21,23). The predicted molar refractivity (Wildman–Crippen MR) is 103 cm³/mol. The number of nitrogens with zero attached hydrogens (tertiary/aromatic N) is 2. The highest BCUT2D eigenvalue weighted by Gasteiger charge is 2.23. The Morgan fingerprint density at radius 3 is 2.42 bits per heavy atom. The van der Waals surface area contributed by atoms with E-state index in [1.807, 2.05) is 6.92 Å². The third-order valence-electron chi connectivity index (χ3n) is 3.87. The number of pyridine rings is 1. The molecular weight excluding hydrogens is 352 g/mol. The zero-order chi connectivity index (χ0) is 19.2. The fraction of sp³-hybridized carbons (Fsp3) is 0.333. The molecule has 2 N–H and O–H groups in total. The molecular formula is C18H24N4O3S. The van der Waals surface area contributed by atoms with Crippen molar-refractivity contribution in [1.82, 2.24) is 9.29 Å².